The molecule has 188 valence electrons. The number of anilines is 1. The van der Waals surface area contributed by atoms with Gasteiger partial charge in [0.05, 0.1) is 12.0 Å². The summed E-state index contributed by atoms with van der Waals surface area (Å²) in [6.45, 7) is 3.56. The summed E-state index contributed by atoms with van der Waals surface area (Å²) < 4.78 is 24.3. The van der Waals surface area contributed by atoms with E-state index in [1.165, 1.54) is 25.8 Å². The van der Waals surface area contributed by atoms with Gasteiger partial charge in [-0.05, 0) is 66.7 Å². The number of halogens is 1. The fourth-order valence-corrected chi connectivity index (χ4v) is 4.65. The minimum absolute atomic E-state index is 0.180. The van der Waals surface area contributed by atoms with Gasteiger partial charge in [-0.25, -0.2) is 9.37 Å². The summed E-state index contributed by atoms with van der Waals surface area (Å²) in [6.07, 6.45) is 2.39. The van der Waals surface area contributed by atoms with E-state index in [0.717, 1.165) is 41.9 Å². The maximum atomic E-state index is 14.9. The summed E-state index contributed by atoms with van der Waals surface area (Å²) in [6, 6.07) is 9.14. The highest BCUT2D eigenvalue weighted by molar-refractivity contribution is 7.09. The Balaban J connectivity index is 1.51. The molecule has 4 rings (SSSR count). The maximum absolute atomic E-state index is 14.9. The van der Waals surface area contributed by atoms with E-state index in [1.54, 1.807) is 0 Å². The number of aliphatic carboxylic acids is 1. The van der Waals surface area contributed by atoms with E-state index in [0.29, 0.717) is 22.7 Å². The van der Waals surface area contributed by atoms with E-state index in [4.69, 9.17) is 15.6 Å². The molecule has 3 N–H and O–H groups in total. The van der Waals surface area contributed by atoms with Crippen LogP contribution in [0.1, 0.15) is 36.5 Å². The molecular weight excluding hydrogens is 487 g/mol. The quantitative estimate of drug-likeness (QED) is 0.249. The third-order valence-corrected chi connectivity index (χ3v) is 6.84. The number of nitrogens with zero attached hydrogens (tertiary/aromatic N) is 3. The van der Waals surface area contributed by atoms with Gasteiger partial charge in [0.1, 0.15) is 11.0 Å². The summed E-state index contributed by atoms with van der Waals surface area (Å²) in [5.41, 5.74) is 7.60. The molecule has 0 bridgehead atoms. The fraction of sp³-hybridized carbons (Fsp3) is 0.320. The topological polar surface area (TPSA) is 136 Å². The van der Waals surface area contributed by atoms with Crippen molar-refractivity contribution in [2.75, 3.05) is 18.0 Å². The lowest BCUT2D eigenvalue weighted by Gasteiger charge is -2.17. The molecule has 11 heteroatoms. The number of rotatable bonds is 9. The highest BCUT2D eigenvalue weighted by Gasteiger charge is 2.25. The van der Waals surface area contributed by atoms with E-state index >= 15 is 0 Å². The minimum atomic E-state index is -1.28. The van der Waals surface area contributed by atoms with E-state index in [1.807, 2.05) is 24.3 Å². The Morgan fingerprint density at radius 1 is 1.22 bits per heavy atom. The Morgan fingerprint density at radius 3 is 2.56 bits per heavy atom. The van der Waals surface area contributed by atoms with Crippen molar-refractivity contribution in [3.8, 4) is 27.7 Å². The monoisotopic (exact) mass is 512 g/mol. The van der Waals surface area contributed by atoms with E-state index in [2.05, 4.69) is 14.3 Å². The number of hydrogen-bond acceptors (Lipinski definition) is 9. The van der Waals surface area contributed by atoms with Crippen LogP contribution in [0, 0.1) is 11.7 Å². The van der Waals surface area contributed by atoms with Gasteiger partial charge in [-0.3, -0.25) is 14.4 Å². The Bertz CT molecular complexity index is 1270. The van der Waals surface area contributed by atoms with E-state index in [9.17, 15) is 18.8 Å². The molecule has 0 saturated carbocycles. The zero-order chi connectivity index (χ0) is 25.8. The van der Waals surface area contributed by atoms with Gasteiger partial charge < -0.3 is 20.5 Å². The largest absolute Gasteiger partial charge is 0.480 e. The number of carbonyl (C=O) groups is 3. The molecule has 9 nitrogen and oxygen atoms in total. The summed E-state index contributed by atoms with van der Waals surface area (Å²) in [7, 11) is 0. The first kappa shape index (κ1) is 25.4. The van der Waals surface area contributed by atoms with Crippen molar-refractivity contribution in [2.45, 2.75) is 32.2 Å². The number of carbonyl (C=O) groups excluding carboxylic acids is 2. The van der Waals surface area contributed by atoms with Gasteiger partial charge in [-0.15, -0.1) is 0 Å². The van der Waals surface area contributed by atoms with Gasteiger partial charge >= 0.3 is 11.9 Å². The number of carboxylic acids is 1. The molecule has 3 aromatic rings. The van der Waals surface area contributed by atoms with Crippen molar-refractivity contribution in [3.05, 3.63) is 47.8 Å². The van der Waals surface area contributed by atoms with Crippen molar-refractivity contribution < 1.29 is 28.6 Å². The maximum Gasteiger partial charge on any atom is 0.320 e. The lowest BCUT2D eigenvalue weighted by molar-refractivity contribution is -0.141. The van der Waals surface area contributed by atoms with E-state index in [-0.39, 0.29) is 12.0 Å². The van der Waals surface area contributed by atoms with Crippen LogP contribution in [-0.4, -0.2) is 51.8 Å². The molecule has 2 atom stereocenters. The average molecular weight is 513 g/mol. The first-order valence-electron chi connectivity index (χ1n) is 11.4. The molecule has 0 radical (unpaired) electrons. The second-order valence-electron chi connectivity index (χ2n) is 8.68. The number of esters is 1. The Hall–Kier alpha value is -3.70. The SMILES string of the molecule is CC(CC(=O)Oc1c(F)cc(-c2nc(-c3ccc(N4CCCC4)cc3)ns2)cc1C=O)[C@H](N)C(=O)O. The molecule has 2 aromatic carbocycles. The fourth-order valence-electron chi connectivity index (χ4n) is 3.98. The highest BCUT2D eigenvalue weighted by Crippen LogP contribution is 2.33. The molecule has 0 amide bonds. The Kier molecular flexibility index (Phi) is 7.70. The molecule has 1 aromatic heterocycles. The van der Waals surface area contributed by atoms with E-state index < -0.39 is 35.5 Å². The smallest absolute Gasteiger partial charge is 0.320 e. The van der Waals surface area contributed by atoms with Gasteiger partial charge in [0, 0.05) is 29.9 Å². The average Bonchev–Trinajstić information content (AvgIpc) is 3.57. The van der Waals surface area contributed by atoms with Crippen LogP contribution < -0.4 is 15.4 Å². The van der Waals surface area contributed by atoms with Crippen molar-refractivity contribution >= 4 is 35.4 Å². The predicted octanol–water partition coefficient (Wildman–Crippen LogP) is 3.77. The Morgan fingerprint density at radius 2 is 1.92 bits per heavy atom. The van der Waals surface area contributed by atoms with Crippen molar-refractivity contribution in [1.82, 2.24) is 9.36 Å². The zero-order valence-corrected chi connectivity index (χ0v) is 20.3. The molecule has 1 unspecified atom stereocenters. The predicted molar refractivity (Wildman–Crippen MR) is 133 cm³/mol. The number of aldehydes is 1. The number of carboxylic acid groups (broad SMARTS) is 1. The first-order valence-corrected chi connectivity index (χ1v) is 12.2. The van der Waals surface area contributed by atoms with Crippen LogP contribution in [0.15, 0.2) is 36.4 Å². The van der Waals surface area contributed by atoms with Crippen molar-refractivity contribution in [3.63, 3.8) is 0 Å². The van der Waals surface area contributed by atoms with Crippen LogP contribution in [0.25, 0.3) is 22.0 Å². The van der Waals surface area contributed by atoms with Gasteiger partial charge in [0.25, 0.3) is 0 Å². The molecular formula is C25H25FN4O5S. The lowest BCUT2D eigenvalue weighted by atomic mass is 9.99. The second-order valence-corrected chi connectivity index (χ2v) is 9.43. The first-order chi connectivity index (χ1) is 17.3. The van der Waals surface area contributed by atoms with Crippen LogP contribution in [0.2, 0.25) is 0 Å². The summed E-state index contributed by atoms with van der Waals surface area (Å²) in [5, 5.41) is 9.35. The molecule has 36 heavy (non-hydrogen) atoms. The molecule has 1 aliphatic heterocycles. The van der Waals surface area contributed by atoms with Crippen molar-refractivity contribution in [2.24, 2.45) is 11.7 Å². The highest BCUT2D eigenvalue weighted by atomic mass is 32.1. The molecule has 0 aliphatic carbocycles. The molecule has 1 aliphatic rings. The Labute approximate surface area is 210 Å². The summed E-state index contributed by atoms with van der Waals surface area (Å²) in [4.78, 5) is 41.6. The summed E-state index contributed by atoms with van der Waals surface area (Å²) in [5.74, 6) is -3.89. The lowest BCUT2D eigenvalue weighted by Crippen LogP contribution is -2.38. The third kappa shape index (κ3) is 5.58. The van der Waals surface area contributed by atoms with Crippen LogP contribution >= 0.6 is 11.5 Å². The standard InChI is InChI=1S/C25H25FN4O5S/c1-14(21(27)25(33)34)10-20(32)35-22-17(13-31)11-16(12-19(22)26)24-28-23(29-36-24)15-4-6-18(7-5-15)30-8-2-3-9-30/h4-7,11-14,21H,2-3,8-10,27H2,1H3,(H,33,34)/t14?,21-/m0/s1. The van der Waals surface area contributed by atoms with Crippen LogP contribution in [-0.2, 0) is 9.59 Å². The molecule has 0 spiro atoms. The number of hydrogen-bond donors (Lipinski definition) is 2. The van der Waals surface area contributed by atoms with Crippen LogP contribution in [0.4, 0.5) is 10.1 Å². The second kappa shape index (κ2) is 10.9. The zero-order valence-electron chi connectivity index (χ0n) is 19.5. The number of benzene rings is 2. The molecule has 1 saturated heterocycles. The summed E-state index contributed by atoms with van der Waals surface area (Å²) >= 11 is 1.06. The van der Waals surface area contributed by atoms with Gasteiger partial charge in [-0.1, -0.05) is 6.92 Å². The minimum Gasteiger partial charge on any atom is -0.480 e. The van der Waals surface area contributed by atoms with Gasteiger partial charge in [0.15, 0.2) is 23.7 Å². The molecule has 2 heterocycles. The third-order valence-electron chi connectivity index (χ3n) is 6.07. The number of aromatic nitrogens is 2. The van der Waals surface area contributed by atoms with Crippen molar-refractivity contribution in [1.29, 1.82) is 0 Å². The number of ether oxygens (including phenoxy) is 1. The van der Waals surface area contributed by atoms with Crippen LogP contribution in [0.5, 0.6) is 5.75 Å². The van der Waals surface area contributed by atoms with Gasteiger partial charge in [0.2, 0.25) is 0 Å². The molecule has 1 fully saturated rings. The van der Waals surface area contributed by atoms with Crippen LogP contribution in [0.3, 0.4) is 0 Å². The number of nitrogens with two attached hydrogens (primary N) is 1. The normalized spacial score (nSPS) is 14.9. The van der Waals surface area contributed by atoms with Gasteiger partial charge in [-0.2, -0.15) is 4.37 Å².